The highest BCUT2D eigenvalue weighted by molar-refractivity contribution is 5.69. The highest BCUT2D eigenvalue weighted by Crippen LogP contribution is 2.09. The second-order valence-corrected chi connectivity index (χ2v) is 5.59. The fourth-order valence-corrected chi connectivity index (χ4v) is 2.55. The maximum atomic E-state index is 12.3. The van der Waals surface area contributed by atoms with Crippen molar-refractivity contribution in [2.24, 2.45) is 14.1 Å². The third kappa shape index (κ3) is 2.64. The van der Waals surface area contributed by atoms with Gasteiger partial charge >= 0.3 is 5.69 Å². The number of imidazole rings is 1. The van der Waals surface area contributed by atoms with Crippen LogP contribution in [-0.2, 0) is 33.5 Å². The first kappa shape index (κ1) is 16.1. The van der Waals surface area contributed by atoms with E-state index in [0.29, 0.717) is 18.1 Å². The van der Waals surface area contributed by atoms with E-state index in [4.69, 9.17) is 4.52 Å². The molecule has 0 fully saturated rings. The Hall–Kier alpha value is -2.75. The van der Waals surface area contributed by atoms with Crippen LogP contribution in [-0.4, -0.2) is 40.0 Å². The molecule has 0 radical (unpaired) electrons. The quantitative estimate of drug-likeness (QED) is 0.634. The van der Waals surface area contributed by atoms with Crippen LogP contribution < -0.4 is 11.2 Å². The summed E-state index contributed by atoms with van der Waals surface area (Å²) >= 11 is 0. The van der Waals surface area contributed by atoms with Gasteiger partial charge in [-0.25, -0.2) is 9.78 Å². The average Bonchev–Trinajstić information content (AvgIpc) is 3.17. The molecule has 1 unspecified atom stereocenters. The molecule has 0 aliphatic carbocycles. The molecule has 3 rings (SSSR count). The van der Waals surface area contributed by atoms with Crippen LogP contribution in [0.2, 0.25) is 0 Å². The normalized spacial score (nSPS) is 12.8. The standard InChI is InChI=1S/C14H18N6O4/c1-4-10-16-9(17-24-10)5-8(21)6-20-7-15-12-11(20)13(22)19(3)14(23)18(12)2/h7-8,21H,4-6H2,1-3H3. The molecule has 0 aromatic carbocycles. The van der Waals surface area contributed by atoms with Gasteiger partial charge in [0.25, 0.3) is 5.56 Å². The third-order valence-corrected chi connectivity index (χ3v) is 3.86. The van der Waals surface area contributed by atoms with Gasteiger partial charge in [0.05, 0.1) is 19.0 Å². The Labute approximate surface area is 136 Å². The number of aryl methyl sites for hydroxylation is 2. The van der Waals surface area contributed by atoms with Crippen molar-refractivity contribution in [3.63, 3.8) is 0 Å². The molecule has 3 aromatic rings. The van der Waals surface area contributed by atoms with E-state index < -0.39 is 17.4 Å². The molecule has 1 atom stereocenters. The number of aliphatic hydroxyl groups excluding tert-OH is 1. The number of aliphatic hydroxyl groups is 1. The largest absolute Gasteiger partial charge is 0.391 e. The zero-order valence-electron chi connectivity index (χ0n) is 13.6. The fraction of sp³-hybridized carbons (Fsp3) is 0.500. The molecule has 1 N–H and O–H groups in total. The molecule has 10 nitrogen and oxygen atoms in total. The Morgan fingerprint density at radius 1 is 1.29 bits per heavy atom. The van der Waals surface area contributed by atoms with Crippen LogP contribution in [0.1, 0.15) is 18.6 Å². The summed E-state index contributed by atoms with van der Waals surface area (Å²) in [5, 5.41) is 14.0. The summed E-state index contributed by atoms with van der Waals surface area (Å²) < 4.78 is 8.84. The van der Waals surface area contributed by atoms with Crippen LogP contribution in [0.3, 0.4) is 0 Å². The van der Waals surface area contributed by atoms with Gasteiger partial charge < -0.3 is 14.2 Å². The summed E-state index contributed by atoms with van der Waals surface area (Å²) in [4.78, 5) is 32.5. The van der Waals surface area contributed by atoms with Crippen LogP contribution in [0.25, 0.3) is 11.2 Å². The molecule has 0 aliphatic rings. The maximum absolute atomic E-state index is 12.3. The Morgan fingerprint density at radius 2 is 2.04 bits per heavy atom. The van der Waals surface area contributed by atoms with E-state index >= 15 is 0 Å². The number of hydrogen-bond acceptors (Lipinski definition) is 7. The number of fused-ring (bicyclic) bond motifs is 1. The molecule has 3 aromatic heterocycles. The van der Waals surface area contributed by atoms with Crippen LogP contribution in [0, 0.1) is 0 Å². The van der Waals surface area contributed by atoms with E-state index in [0.717, 1.165) is 4.57 Å². The minimum absolute atomic E-state index is 0.125. The van der Waals surface area contributed by atoms with Gasteiger partial charge in [0.2, 0.25) is 5.89 Å². The Balaban J connectivity index is 1.90. The molecular weight excluding hydrogens is 316 g/mol. The van der Waals surface area contributed by atoms with Gasteiger partial charge in [0.1, 0.15) is 0 Å². The highest BCUT2D eigenvalue weighted by atomic mass is 16.5. The third-order valence-electron chi connectivity index (χ3n) is 3.86. The molecular formula is C14H18N6O4. The molecule has 0 aliphatic heterocycles. The first-order chi connectivity index (χ1) is 11.4. The zero-order chi connectivity index (χ0) is 17.4. The van der Waals surface area contributed by atoms with Gasteiger partial charge in [-0.2, -0.15) is 4.98 Å². The van der Waals surface area contributed by atoms with E-state index in [1.807, 2.05) is 6.92 Å². The van der Waals surface area contributed by atoms with Gasteiger partial charge in [-0.15, -0.1) is 0 Å². The lowest BCUT2D eigenvalue weighted by Gasteiger charge is -2.10. The second-order valence-electron chi connectivity index (χ2n) is 5.59. The van der Waals surface area contributed by atoms with Crippen molar-refractivity contribution in [2.45, 2.75) is 32.4 Å². The number of nitrogens with zero attached hydrogens (tertiary/aromatic N) is 6. The van der Waals surface area contributed by atoms with Gasteiger partial charge in [-0.3, -0.25) is 13.9 Å². The van der Waals surface area contributed by atoms with Crippen molar-refractivity contribution in [3.8, 4) is 0 Å². The van der Waals surface area contributed by atoms with Crippen LogP contribution in [0.15, 0.2) is 20.4 Å². The van der Waals surface area contributed by atoms with Crippen LogP contribution >= 0.6 is 0 Å². The lowest BCUT2D eigenvalue weighted by Crippen LogP contribution is -2.37. The lowest BCUT2D eigenvalue weighted by atomic mass is 10.2. The predicted octanol–water partition coefficient (Wildman–Crippen LogP) is -1.02. The molecule has 0 spiro atoms. The average molecular weight is 334 g/mol. The topological polar surface area (TPSA) is 121 Å². The van der Waals surface area contributed by atoms with E-state index in [1.54, 1.807) is 7.05 Å². The summed E-state index contributed by atoms with van der Waals surface area (Å²) in [5.41, 5.74) is -0.355. The van der Waals surface area contributed by atoms with Gasteiger partial charge in [-0.1, -0.05) is 12.1 Å². The Kier molecular flexibility index (Phi) is 4.06. The number of aromatic nitrogens is 6. The van der Waals surface area contributed by atoms with Crippen molar-refractivity contribution in [2.75, 3.05) is 0 Å². The molecule has 24 heavy (non-hydrogen) atoms. The van der Waals surface area contributed by atoms with Gasteiger partial charge in [-0.05, 0) is 0 Å². The van der Waals surface area contributed by atoms with Gasteiger partial charge in [0.15, 0.2) is 17.0 Å². The summed E-state index contributed by atoms with van der Waals surface area (Å²) in [5.74, 6) is 0.915. The van der Waals surface area contributed by atoms with E-state index in [9.17, 15) is 14.7 Å². The fourth-order valence-electron chi connectivity index (χ4n) is 2.55. The minimum Gasteiger partial charge on any atom is -0.391 e. The molecule has 10 heteroatoms. The maximum Gasteiger partial charge on any atom is 0.332 e. The lowest BCUT2D eigenvalue weighted by molar-refractivity contribution is 0.152. The Morgan fingerprint density at radius 3 is 2.71 bits per heavy atom. The van der Waals surface area contributed by atoms with E-state index in [-0.39, 0.29) is 24.1 Å². The van der Waals surface area contributed by atoms with Crippen molar-refractivity contribution >= 4 is 11.2 Å². The smallest absolute Gasteiger partial charge is 0.332 e. The Bertz CT molecular complexity index is 995. The van der Waals surface area contributed by atoms with E-state index in [2.05, 4.69) is 15.1 Å². The first-order valence-corrected chi connectivity index (χ1v) is 7.52. The molecule has 0 amide bonds. The molecule has 0 saturated heterocycles. The number of hydrogen-bond donors (Lipinski definition) is 1. The SMILES string of the molecule is CCc1nc(CC(O)Cn2cnc3c2c(=O)n(C)c(=O)n3C)no1. The summed E-state index contributed by atoms with van der Waals surface area (Å²) in [7, 11) is 2.95. The predicted molar refractivity (Wildman–Crippen MR) is 83.6 cm³/mol. The van der Waals surface area contributed by atoms with Crippen molar-refractivity contribution in [3.05, 3.63) is 38.9 Å². The monoisotopic (exact) mass is 334 g/mol. The van der Waals surface area contributed by atoms with Crippen molar-refractivity contribution < 1.29 is 9.63 Å². The minimum atomic E-state index is -0.827. The van der Waals surface area contributed by atoms with Gasteiger partial charge in [0, 0.05) is 26.9 Å². The van der Waals surface area contributed by atoms with Crippen molar-refractivity contribution in [1.82, 2.24) is 28.8 Å². The first-order valence-electron chi connectivity index (χ1n) is 7.52. The van der Waals surface area contributed by atoms with Crippen LogP contribution in [0.5, 0.6) is 0 Å². The second kappa shape index (κ2) is 6.04. The molecule has 3 heterocycles. The molecule has 128 valence electrons. The molecule has 0 saturated carbocycles. The van der Waals surface area contributed by atoms with Crippen LogP contribution in [0.4, 0.5) is 0 Å². The highest BCUT2D eigenvalue weighted by Gasteiger charge is 2.17. The zero-order valence-corrected chi connectivity index (χ0v) is 13.6. The molecule has 0 bridgehead atoms. The number of rotatable bonds is 5. The van der Waals surface area contributed by atoms with E-state index in [1.165, 1.54) is 22.5 Å². The van der Waals surface area contributed by atoms with Crippen molar-refractivity contribution in [1.29, 1.82) is 0 Å². The summed E-state index contributed by atoms with van der Waals surface area (Å²) in [6.45, 7) is 2.02. The summed E-state index contributed by atoms with van der Waals surface area (Å²) in [6, 6.07) is 0. The summed E-state index contributed by atoms with van der Waals surface area (Å²) in [6.07, 6.45) is 1.42.